The zero-order valence-electron chi connectivity index (χ0n) is 10.6. The van der Waals surface area contributed by atoms with E-state index in [-0.39, 0.29) is 0 Å². The van der Waals surface area contributed by atoms with Crippen molar-refractivity contribution in [2.45, 2.75) is 6.92 Å². The van der Waals surface area contributed by atoms with Gasteiger partial charge in [0.1, 0.15) is 0 Å². The van der Waals surface area contributed by atoms with Crippen LogP contribution in [0.5, 0.6) is 0 Å². The van der Waals surface area contributed by atoms with Crippen LogP contribution in [0.3, 0.4) is 0 Å². The Morgan fingerprint density at radius 1 is 1.05 bits per heavy atom. The van der Waals surface area contributed by atoms with Crippen molar-refractivity contribution in [1.82, 2.24) is 14.5 Å². The van der Waals surface area contributed by atoms with Gasteiger partial charge in [0.2, 0.25) is 5.95 Å². The molecule has 2 heterocycles. The number of nitrogens with one attached hydrogen (secondary N) is 1. The predicted molar refractivity (Wildman–Crippen MR) is 75.8 cm³/mol. The van der Waals surface area contributed by atoms with Gasteiger partial charge in [0, 0.05) is 24.3 Å². The highest BCUT2D eigenvalue weighted by Crippen LogP contribution is 2.20. The molecule has 4 nitrogen and oxygen atoms in total. The average Bonchev–Trinajstić information content (AvgIpc) is 2.91. The van der Waals surface area contributed by atoms with Crippen molar-refractivity contribution in [3.05, 3.63) is 66.7 Å². The van der Waals surface area contributed by atoms with Gasteiger partial charge in [-0.2, -0.15) is 0 Å². The molecule has 0 spiro atoms. The van der Waals surface area contributed by atoms with E-state index in [9.17, 15) is 0 Å². The second-order valence-electron chi connectivity index (χ2n) is 4.27. The topological polar surface area (TPSA) is 42.7 Å². The van der Waals surface area contributed by atoms with Crippen molar-refractivity contribution in [3.8, 4) is 5.69 Å². The molecule has 0 radical (unpaired) electrons. The lowest BCUT2D eigenvalue weighted by atomic mass is 10.2. The third kappa shape index (κ3) is 2.33. The van der Waals surface area contributed by atoms with Gasteiger partial charge in [0.05, 0.1) is 11.9 Å². The molecule has 19 heavy (non-hydrogen) atoms. The first-order valence-corrected chi connectivity index (χ1v) is 6.11. The number of pyridine rings is 1. The van der Waals surface area contributed by atoms with Gasteiger partial charge in [-0.05, 0) is 30.7 Å². The number of hydrogen-bond acceptors (Lipinski definition) is 3. The number of rotatable bonds is 3. The maximum atomic E-state index is 4.35. The first-order valence-electron chi connectivity index (χ1n) is 6.11. The minimum atomic E-state index is 0.780. The summed E-state index contributed by atoms with van der Waals surface area (Å²) in [5.74, 6) is 0.780. The first kappa shape index (κ1) is 11.5. The smallest absolute Gasteiger partial charge is 0.212 e. The molecular formula is C15H14N4. The van der Waals surface area contributed by atoms with Crippen molar-refractivity contribution in [2.24, 2.45) is 0 Å². The van der Waals surface area contributed by atoms with E-state index in [0.717, 1.165) is 22.9 Å². The Morgan fingerprint density at radius 2 is 1.89 bits per heavy atom. The van der Waals surface area contributed by atoms with Gasteiger partial charge >= 0.3 is 0 Å². The van der Waals surface area contributed by atoms with Gasteiger partial charge < -0.3 is 5.32 Å². The Kier molecular flexibility index (Phi) is 2.98. The van der Waals surface area contributed by atoms with E-state index >= 15 is 0 Å². The number of nitrogens with zero attached hydrogens (tertiary/aromatic N) is 3. The lowest BCUT2D eigenvalue weighted by molar-refractivity contribution is 1.06. The summed E-state index contributed by atoms with van der Waals surface area (Å²) in [5, 5.41) is 3.31. The molecule has 94 valence electrons. The summed E-state index contributed by atoms with van der Waals surface area (Å²) in [4.78, 5) is 8.48. The molecule has 3 aromatic rings. The van der Waals surface area contributed by atoms with Gasteiger partial charge in [-0.25, -0.2) is 4.98 Å². The van der Waals surface area contributed by atoms with E-state index in [4.69, 9.17) is 0 Å². The number of aromatic nitrogens is 3. The van der Waals surface area contributed by atoms with Crippen molar-refractivity contribution >= 4 is 11.6 Å². The van der Waals surface area contributed by atoms with Crippen LogP contribution in [0, 0.1) is 6.92 Å². The monoisotopic (exact) mass is 250 g/mol. The first-order chi connectivity index (χ1) is 9.34. The number of imidazole rings is 1. The quantitative estimate of drug-likeness (QED) is 0.775. The van der Waals surface area contributed by atoms with Crippen LogP contribution < -0.4 is 5.32 Å². The predicted octanol–water partition coefficient (Wildman–Crippen LogP) is 3.32. The Hall–Kier alpha value is -2.62. The summed E-state index contributed by atoms with van der Waals surface area (Å²) >= 11 is 0. The second-order valence-corrected chi connectivity index (χ2v) is 4.27. The Balaban J connectivity index is 1.96. The number of para-hydroxylation sites is 1. The van der Waals surface area contributed by atoms with Crippen molar-refractivity contribution in [2.75, 3.05) is 5.32 Å². The summed E-state index contributed by atoms with van der Waals surface area (Å²) in [7, 11) is 0. The van der Waals surface area contributed by atoms with Crippen LogP contribution in [0.2, 0.25) is 0 Å². The SMILES string of the molecule is Cc1ccncc1Nc1nccn1-c1ccccc1. The largest absolute Gasteiger partial charge is 0.324 e. The molecule has 0 atom stereocenters. The van der Waals surface area contributed by atoms with Crippen LogP contribution in [0.15, 0.2) is 61.2 Å². The average molecular weight is 250 g/mol. The lowest BCUT2D eigenvalue weighted by Crippen LogP contribution is -2.02. The second kappa shape index (κ2) is 4.94. The molecule has 0 aliphatic rings. The maximum absolute atomic E-state index is 4.35. The van der Waals surface area contributed by atoms with Crippen LogP contribution >= 0.6 is 0 Å². The lowest BCUT2D eigenvalue weighted by Gasteiger charge is -2.11. The summed E-state index contributed by atoms with van der Waals surface area (Å²) < 4.78 is 2.01. The molecule has 4 heteroatoms. The molecule has 3 rings (SSSR count). The van der Waals surface area contributed by atoms with E-state index in [2.05, 4.69) is 15.3 Å². The molecule has 0 bridgehead atoms. The Morgan fingerprint density at radius 3 is 2.68 bits per heavy atom. The summed E-state index contributed by atoms with van der Waals surface area (Å²) in [6, 6.07) is 12.1. The van der Waals surface area contributed by atoms with Crippen molar-refractivity contribution < 1.29 is 0 Å². The fourth-order valence-electron chi connectivity index (χ4n) is 1.91. The zero-order valence-corrected chi connectivity index (χ0v) is 10.6. The molecule has 0 saturated carbocycles. The highest BCUT2D eigenvalue weighted by molar-refractivity contribution is 5.58. The normalized spacial score (nSPS) is 10.4. The van der Waals surface area contributed by atoms with Crippen molar-refractivity contribution in [1.29, 1.82) is 0 Å². The van der Waals surface area contributed by atoms with Crippen molar-refractivity contribution in [3.63, 3.8) is 0 Å². The van der Waals surface area contributed by atoms with E-state index < -0.39 is 0 Å². The summed E-state index contributed by atoms with van der Waals surface area (Å²) in [6.07, 6.45) is 7.30. The fourth-order valence-corrected chi connectivity index (χ4v) is 1.91. The third-order valence-corrected chi connectivity index (χ3v) is 2.96. The van der Waals surface area contributed by atoms with Crippen LogP contribution in [-0.4, -0.2) is 14.5 Å². The minimum Gasteiger partial charge on any atom is -0.324 e. The van der Waals surface area contributed by atoms with E-state index in [1.54, 1.807) is 18.6 Å². The van der Waals surface area contributed by atoms with E-state index in [0.29, 0.717) is 0 Å². The number of hydrogen-bond donors (Lipinski definition) is 1. The molecule has 0 unspecified atom stereocenters. The number of anilines is 2. The van der Waals surface area contributed by atoms with Gasteiger partial charge in [0.25, 0.3) is 0 Å². The standard InChI is InChI=1S/C15H14N4/c1-12-7-8-16-11-14(12)18-15-17-9-10-19(15)13-5-3-2-4-6-13/h2-11H,1H3,(H,17,18). The molecule has 0 fully saturated rings. The summed E-state index contributed by atoms with van der Waals surface area (Å²) in [6.45, 7) is 2.04. The van der Waals surface area contributed by atoms with E-state index in [1.807, 2.05) is 54.1 Å². The van der Waals surface area contributed by atoms with Crippen LogP contribution in [0.4, 0.5) is 11.6 Å². The highest BCUT2D eigenvalue weighted by atomic mass is 15.2. The van der Waals surface area contributed by atoms with Gasteiger partial charge in [-0.1, -0.05) is 18.2 Å². The number of benzene rings is 1. The molecule has 0 aliphatic heterocycles. The molecule has 0 aliphatic carbocycles. The highest BCUT2D eigenvalue weighted by Gasteiger charge is 2.06. The molecular weight excluding hydrogens is 236 g/mol. The molecule has 2 aromatic heterocycles. The van der Waals surface area contributed by atoms with Crippen LogP contribution in [0.25, 0.3) is 5.69 Å². The summed E-state index contributed by atoms with van der Waals surface area (Å²) in [5.41, 5.74) is 3.17. The maximum Gasteiger partial charge on any atom is 0.212 e. The number of aryl methyl sites for hydroxylation is 1. The van der Waals surface area contributed by atoms with E-state index in [1.165, 1.54) is 0 Å². The molecule has 0 amide bonds. The molecule has 0 saturated heterocycles. The Bertz CT molecular complexity index is 673. The minimum absolute atomic E-state index is 0.780. The fraction of sp³-hybridized carbons (Fsp3) is 0.0667. The zero-order chi connectivity index (χ0) is 13.1. The van der Waals surface area contributed by atoms with Gasteiger partial charge in [-0.15, -0.1) is 0 Å². The molecule has 1 aromatic carbocycles. The third-order valence-electron chi connectivity index (χ3n) is 2.96. The molecule has 1 N–H and O–H groups in total. The Labute approximate surface area is 111 Å². The van der Waals surface area contributed by atoms with Crippen LogP contribution in [0.1, 0.15) is 5.56 Å². The van der Waals surface area contributed by atoms with Crippen LogP contribution in [-0.2, 0) is 0 Å². The van der Waals surface area contributed by atoms with Gasteiger partial charge in [0.15, 0.2) is 0 Å². The van der Waals surface area contributed by atoms with Gasteiger partial charge in [-0.3, -0.25) is 9.55 Å².